The zero-order chi connectivity index (χ0) is 39.6. The van der Waals surface area contributed by atoms with Gasteiger partial charge in [0.1, 0.15) is 0 Å². The summed E-state index contributed by atoms with van der Waals surface area (Å²) in [5, 5.41) is 1.59. The molecule has 0 bridgehead atoms. The number of anilines is 1. The Morgan fingerprint density at radius 1 is 0.439 bits per heavy atom. The van der Waals surface area contributed by atoms with Crippen LogP contribution < -0.4 is 4.90 Å². The molecule has 4 heterocycles. The minimum Gasteiger partial charge on any atom is -0.377 e. The van der Waals surface area contributed by atoms with Gasteiger partial charge in [0.15, 0.2) is 0 Å². The average Bonchev–Trinajstić information content (AvgIpc) is 3.21. The first-order chi connectivity index (χ1) is 27.7. The van der Waals surface area contributed by atoms with Crippen LogP contribution in [0.15, 0.2) is 157 Å². The number of fused-ring (bicyclic) bond motifs is 1. The maximum absolute atomic E-state index is 14.4. The molecule has 0 aliphatic rings. The standard InChI is InChI=1S/C46H48N8O2S/c1-51(2)45-20-12-19-44-43(45)18-13-21-46(44)57(55,56)52(3)29-36-26-37(30-53(32-39-14-4-8-22-47-39)33-40-15-5-9-23-48-40)28-38(27-36)31-54(34-41-16-6-10-24-49-41)35-42-17-7-11-25-50-42/h4-28H,29-35H2,1-3H3. The zero-order valence-electron chi connectivity index (χ0n) is 32.7. The molecule has 0 atom stereocenters. The number of rotatable bonds is 17. The van der Waals surface area contributed by atoms with E-state index < -0.39 is 10.0 Å². The predicted molar refractivity (Wildman–Crippen MR) is 226 cm³/mol. The van der Waals surface area contributed by atoms with E-state index in [0.717, 1.165) is 50.5 Å². The van der Waals surface area contributed by atoms with E-state index in [9.17, 15) is 8.42 Å². The van der Waals surface area contributed by atoms with Crippen LogP contribution >= 0.6 is 0 Å². The van der Waals surface area contributed by atoms with E-state index in [1.165, 1.54) is 4.31 Å². The number of hydrogen-bond acceptors (Lipinski definition) is 9. The van der Waals surface area contributed by atoms with Gasteiger partial charge in [-0.15, -0.1) is 0 Å². The van der Waals surface area contributed by atoms with E-state index in [4.69, 9.17) is 0 Å². The highest BCUT2D eigenvalue weighted by Gasteiger charge is 2.25. The van der Waals surface area contributed by atoms with Crippen molar-refractivity contribution >= 4 is 26.5 Å². The minimum absolute atomic E-state index is 0.188. The van der Waals surface area contributed by atoms with Gasteiger partial charge in [-0.2, -0.15) is 4.31 Å². The fraction of sp³-hybridized carbons (Fsp3) is 0.217. The van der Waals surface area contributed by atoms with E-state index in [1.807, 2.05) is 147 Å². The fourth-order valence-corrected chi connectivity index (χ4v) is 8.60. The number of aromatic nitrogens is 4. The molecule has 0 amide bonds. The molecular weight excluding hydrogens is 729 g/mol. The van der Waals surface area contributed by atoms with Gasteiger partial charge in [0.2, 0.25) is 10.0 Å². The first-order valence-corrected chi connectivity index (χ1v) is 20.5. The Morgan fingerprint density at radius 3 is 1.25 bits per heavy atom. The first-order valence-electron chi connectivity index (χ1n) is 19.0. The molecule has 0 fully saturated rings. The average molecular weight is 777 g/mol. The van der Waals surface area contributed by atoms with E-state index in [0.29, 0.717) is 44.7 Å². The van der Waals surface area contributed by atoms with Gasteiger partial charge in [0, 0.05) is 108 Å². The second kappa shape index (κ2) is 18.4. The lowest BCUT2D eigenvalue weighted by Gasteiger charge is -2.25. The highest BCUT2D eigenvalue weighted by molar-refractivity contribution is 7.89. The van der Waals surface area contributed by atoms with Crippen LogP contribution in [0.4, 0.5) is 5.69 Å². The number of pyridine rings is 4. The summed E-state index contributed by atoms with van der Waals surface area (Å²) in [5.74, 6) is 0. The van der Waals surface area contributed by atoms with Crippen molar-refractivity contribution in [3.8, 4) is 0 Å². The van der Waals surface area contributed by atoms with Crippen LogP contribution in [0.3, 0.4) is 0 Å². The zero-order valence-corrected chi connectivity index (χ0v) is 33.5. The summed E-state index contributed by atoms with van der Waals surface area (Å²) in [6.07, 6.45) is 7.27. The van der Waals surface area contributed by atoms with Crippen molar-refractivity contribution in [2.75, 3.05) is 26.0 Å². The minimum atomic E-state index is -3.88. The first kappa shape index (κ1) is 39.4. The SMILES string of the molecule is CN(C)c1cccc2c(S(=O)(=O)N(C)Cc3cc(CN(Cc4ccccn4)Cc4ccccn4)cc(CN(Cc4ccccn4)Cc4ccccn4)c3)cccc12. The Morgan fingerprint density at radius 2 is 0.842 bits per heavy atom. The van der Waals surface area contributed by atoms with Gasteiger partial charge >= 0.3 is 0 Å². The van der Waals surface area contributed by atoms with Crippen molar-refractivity contribution in [1.29, 1.82) is 0 Å². The Balaban J connectivity index is 1.24. The molecule has 0 saturated carbocycles. The molecule has 0 spiro atoms. The number of sulfonamides is 1. The summed E-state index contributed by atoms with van der Waals surface area (Å²) < 4.78 is 30.3. The summed E-state index contributed by atoms with van der Waals surface area (Å²) in [4.78, 5) is 25.5. The van der Waals surface area contributed by atoms with Crippen molar-refractivity contribution in [3.63, 3.8) is 0 Å². The Hall–Kier alpha value is -5.85. The van der Waals surface area contributed by atoms with Gasteiger partial charge in [0.05, 0.1) is 27.7 Å². The van der Waals surface area contributed by atoms with Crippen LogP contribution in [-0.2, 0) is 55.8 Å². The highest BCUT2D eigenvalue weighted by Crippen LogP contribution is 2.32. The van der Waals surface area contributed by atoms with Crippen molar-refractivity contribution in [2.24, 2.45) is 0 Å². The van der Waals surface area contributed by atoms with Crippen LogP contribution in [0.2, 0.25) is 0 Å². The smallest absolute Gasteiger partial charge is 0.243 e. The predicted octanol–water partition coefficient (Wildman–Crippen LogP) is 7.71. The van der Waals surface area contributed by atoms with E-state index in [-0.39, 0.29) is 11.4 Å². The molecule has 11 heteroatoms. The molecule has 0 N–H and O–H groups in total. The molecule has 0 saturated heterocycles. The number of hydrogen-bond donors (Lipinski definition) is 0. The molecule has 10 nitrogen and oxygen atoms in total. The van der Waals surface area contributed by atoms with Gasteiger partial charge in [0.25, 0.3) is 0 Å². The summed E-state index contributed by atoms with van der Waals surface area (Å²) in [5.41, 5.74) is 7.83. The molecule has 7 aromatic rings. The molecule has 0 radical (unpaired) electrons. The van der Waals surface area contributed by atoms with Crippen LogP contribution in [0.5, 0.6) is 0 Å². The molecule has 290 valence electrons. The highest BCUT2D eigenvalue weighted by atomic mass is 32.2. The van der Waals surface area contributed by atoms with Gasteiger partial charge in [-0.25, -0.2) is 8.42 Å². The lowest BCUT2D eigenvalue weighted by molar-refractivity contribution is 0.237. The molecule has 7 rings (SSSR count). The molecule has 0 unspecified atom stereocenters. The van der Waals surface area contributed by atoms with Gasteiger partial charge in [-0.3, -0.25) is 29.7 Å². The molecule has 3 aromatic carbocycles. The molecule has 0 aliphatic heterocycles. The van der Waals surface area contributed by atoms with Crippen molar-refractivity contribution in [3.05, 3.63) is 192 Å². The molecule has 4 aromatic heterocycles. The second-order valence-electron chi connectivity index (χ2n) is 14.5. The van der Waals surface area contributed by atoms with Crippen LogP contribution in [0, 0.1) is 0 Å². The van der Waals surface area contributed by atoms with Crippen molar-refractivity contribution < 1.29 is 8.42 Å². The number of benzene rings is 3. The largest absolute Gasteiger partial charge is 0.377 e. The summed E-state index contributed by atoms with van der Waals surface area (Å²) >= 11 is 0. The van der Waals surface area contributed by atoms with Gasteiger partial charge in [-0.1, -0.05) is 66.7 Å². The lowest BCUT2D eigenvalue weighted by Crippen LogP contribution is -2.28. The van der Waals surface area contributed by atoms with E-state index >= 15 is 0 Å². The van der Waals surface area contributed by atoms with Crippen LogP contribution in [0.25, 0.3) is 10.8 Å². The second-order valence-corrected chi connectivity index (χ2v) is 16.5. The van der Waals surface area contributed by atoms with Crippen molar-refractivity contribution in [2.45, 2.75) is 50.7 Å². The molecule has 0 aliphatic carbocycles. The van der Waals surface area contributed by atoms with Gasteiger partial charge < -0.3 is 4.90 Å². The normalized spacial score (nSPS) is 11.8. The maximum atomic E-state index is 14.4. The fourth-order valence-electron chi connectivity index (χ4n) is 7.24. The third kappa shape index (κ3) is 10.3. The van der Waals surface area contributed by atoms with E-state index in [1.54, 1.807) is 13.1 Å². The topological polar surface area (TPSA) is 98.7 Å². The summed E-state index contributed by atoms with van der Waals surface area (Å²) in [6, 6.07) is 41.7. The quantitative estimate of drug-likeness (QED) is 0.0922. The summed E-state index contributed by atoms with van der Waals surface area (Å²) in [6.45, 7) is 3.86. The molecule has 57 heavy (non-hydrogen) atoms. The number of nitrogens with zero attached hydrogens (tertiary/aromatic N) is 8. The Labute approximate surface area is 336 Å². The maximum Gasteiger partial charge on any atom is 0.243 e. The molecular formula is C46H48N8O2S. The third-order valence-electron chi connectivity index (χ3n) is 9.81. The van der Waals surface area contributed by atoms with Crippen LogP contribution in [-0.4, -0.2) is 63.6 Å². The lowest BCUT2D eigenvalue weighted by atomic mass is 10.0. The van der Waals surface area contributed by atoms with E-state index in [2.05, 4.69) is 47.9 Å². The van der Waals surface area contributed by atoms with Crippen molar-refractivity contribution in [1.82, 2.24) is 34.0 Å². The summed E-state index contributed by atoms with van der Waals surface area (Å²) in [7, 11) is 1.72. The Kier molecular flexibility index (Phi) is 12.7. The Bertz CT molecular complexity index is 2280. The third-order valence-corrected chi connectivity index (χ3v) is 11.7. The van der Waals surface area contributed by atoms with Gasteiger partial charge in [-0.05, 0) is 77.4 Å². The van der Waals surface area contributed by atoms with Crippen LogP contribution in [0.1, 0.15) is 39.5 Å². The monoisotopic (exact) mass is 776 g/mol.